The highest BCUT2D eigenvalue weighted by molar-refractivity contribution is 5.56. The molecule has 0 spiro atoms. The molecule has 1 fully saturated rings. The van der Waals surface area contributed by atoms with E-state index in [1.54, 1.807) is 0 Å². The Kier molecular flexibility index (Phi) is 3.01. The first-order valence-electron chi connectivity index (χ1n) is 6.24. The number of hydrogen-bond acceptors (Lipinski definition) is 3. The molecule has 1 aliphatic rings. The van der Waals surface area contributed by atoms with Crippen LogP contribution in [0.5, 0.6) is 0 Å². The molecule has 1 aromatic carbocycles. The normalized spacial score (nSPS) is 31.4. The summed E-state index contributed by atoms with van der Waals surface area (Å²) in [6.07, 6.45) is 2.52. The summed E-state index contributed by atoms with van der Waals surface area (Å²) in [6, 6.07) is 14.6. The summed E-state index contributed by atoms with van der Waals surface area (Å²) in [4.78, 5) is 1.99. The molecule has 3 heteroatoms. The van der Waals surface area contributed by atoms with Crippen molar-refractivity contribution in [2.75, 3.05) is 4.90 Å². The Hall–Kier alpha value is -2.00. The molecule has 2 rings (SSSR count). The van der Waals surface area contributed by atoms with E-state index in [4.69, 9.17) is 0 Å². The zero-order valence-electron chi connectivity index (χ0n) is 10.8. The molecule has 3 nitrogen and oxygen atoms in total. The molecule has 92 valence electrons. The summed E-state index contributed by atoms with van der Waals surface area (Å²) in [5, 5.41) is 19.0. The Morgan fingerprint density at radius 3 is 1.94 bits per heavy atom. The zero-order chi connectivity index (χ0) is 13.2. The largest absolute Gasteiger partial charge is 0.335 e. The average molecular weight is 239 g/mol. The van der Waals surface area contributed by atoms with Crippen LogP contribution < -0.4 is 4.90 Å². The van der Waals surface area contributed by atoms with Crippen LogP contribution in [0.2, 0.25) is 0 Å². The van der Waals surface area contributed by atoms with Crippen molar-refractivity contribution >= 4 is 5.69 Å². The molecule has 0 saturated carbocycles. The lowest BCUT2D eigenvalue weighted by Gasteiger charge is -2.50. The highest BCUT2D eigenvalue weighted by atomic mass is 15.3. The number of anilines is 1. The molecular formula is C15H17N3. The lowest BCUT2D eigenvalue weighted by atomic mass is 9.78. The minimum absolute atomic E-state index is 0.607. The van der Waals surface area contributed by atoms with Gasteiger partial charge in [-0.25, -0.2) is 0 Å². The monoisotopic (exact) mass is 239 g/mol. The number of rotatable bonds is 1. The Morgan fingerprint density at radius 2 is 1.50 bits per heavy atom. The van der Waals surface area contributed by atoms with Crippen molar-refractivity contribution in [3.8, 4) is 12.1 Å². The lowest BCUT2D eigenvalue weighted by Crippen LogP contribution is -2.60. The smallest absolute Gasteiger partial charge is 0.126 e. The van der Waals surface area contributed by atoms with E-state index in [0.717, 1.165) is 24.9 Å². The second-order valence-corrected chi connectivity index (χ2v) is 5.30. The Morgan fingerprint density at radius 1 is 1.00 bits per heavy atom. The van der Waals surface area contributed by atoms with Crippen molar-refractivity contribution in [1.82, 2.24) is 0 Å². The number of hydrogen-bond donors (Lipinski definition) is 0. The van der Waals surface area contributed by atoms with Crippen molar-refractivity contribution in [2.24, 2.45) is 0 Å². The van der Waals surface area contributed by atoms with Crippen molar-refractivity contribution in [2.45, 2.75) is 44.2 Å². The highest BCUT2D eigenvalue weighted by Crippen LogP contribution is 2.41. The minimum atomic E-state index is -0.607. The van der Waals surface area contributed by atoms with Gasteiger partial charge in [-0.1, -0.05) is 18.2 Å². The number of para-hydroxylation sites is 1. The topological polar surface area (TPSA) is 50.8 Å². The van der Waals surface area contributed by atoms with Crippen molar-refractivity contribution in [3.05, 3.63) is 30.3 Å². The van der Waals surface area contributed by atoms with Gasteiger partial charge in [0.25, 0.3) is 0 Å². The maximum absolute atomic E-state index is 9.51. The Bertz CT molecular complexity index is 483. The van der Waals surface area contributed by atoms with Gasteiger partial charge in [-0.15, -0.1) is 0 Å². The third kappa shape index (κ3) is 1.83. The number of nitriles is 2. The van der Waals surface area contributed by atoms with Gasteiger partial charge in [0.2, 0.25) is 0 Å². The fourth-order valence-electron chi connectivity index (χ4n) is 2.90. The Labute approximate surface area is 108 Å². The maximum Gasteiger partial charge on any atom is 0.126 e. The van der Waals surface area contributed by atoms with Crippen LogP contribution in [0.4, 0.5) is 5.69 Å². The van der Waals surface area contributed by atoms with Gasteiger partial charge in [-0.3, -0.25) is 0 Å². The first kappa shape index (κ1) is 12.5. The molecular weight excluding hydrogens is 222 g/mol. The molecule has 0 aromatic heterocycles. The van der Waals surface area contributed by atoms with E-state index in [1.807, 2.05) is 49.1 Å². The first-order chi connectivity index (χ1) is 8.56. The predicted octanol–water partition coefficient (Wildman–Crippen LogP) is 3.24. The van der Waals surface area contributed by atoms with E-state index in [0.29, 0.717) is 0 Å². The summed E-state index contributed by atoms with van der Waals surface area (Å²) < 4.78 is 0. The third-order valence-electron chi connectivity index (χ3n) is 3.81. The van der Waals surface area contributed by atoms with E-state index in [-0.39, 0.29) is 0 Å². The van der Waals surface area contributed by atoms with Gasteiger partial charge in [-0.2, -0.15) is 10.5 Å². The van der Waals surface area contributed by atoms with Crippen LogP contribution in [0, 0.1) is 22.7 Å². The van der Waals surface area contributed by atoms with E-state index >= 15 is 0 Å². The highest BCUT2D eigenvalue weighted by Gasteiger charge is 2.47. The van der Waals surface area contributed by atoms with Gasteiger partial charge >= 0.3 is 0 Å². The summed E-state index contributed by atoms with van der Waals surface area (Å²) in [7, 11) is 0. The van der Waals surface area contributed by atoms with E-state index in [9.17, 15) is 10.5 Å². The maximum atomic E-state index is 9.51. The SMILES string of the molecule is CC1(C#N)CCCC(C)(C#N)N1c1ccccc1. The zero-order valence-corrected chi connectivity index (χ0v) is 10.8. The van der Waals surface area contributed by atoms with Crippen LogP contribution in [-0.4, -0.2) is 11.1 Å². The molecule has 18 heavy (non-hydrogen) atoms. The first-order valence-corrected chi connectivity index (χ1v) is 6.24. The van der Waals surface area contributed by atoms with E-state index in [1.165, 1.54) is 0 Å². The molecule has 1 aromatic rings. The molecule has 1 aliphatic heterocycles. The molecule has 0 bridgehead atoms. The van der Waals surface area contributed by atoms with E-state index in [2.05, 4.69) is 12.1 Å². The molecule has 0 amide bonds. The summed E-state index contributed by atoms with van der Waals surface area (Å²) in [5.74, 6) is 0. The van der Waals surface area contributed by atoms with Gasteiger partial charge in [0.1, 0.15) is 11.1 Å². The van der Waals surface area contributed by atoms with Crippen LogP contribution in [0.15, 0.2) is 30.3 Å². The van der Waals surface area contributed by atoms with Gasteiger partial charge in [0, 0.05) is 5.69 Å². The van der Waals surface area contributed by atoms with E-state index < -0.39 is 11.1 Å². The number of benzene rings is 1. The summed E-state index contributed by atoms with van der Waals surface area (Å²) in [5.41, 5.74) is -0.265. The molecule has 1 saturated heterocycles. The second-order valence-electron chi connectivity index (χ2n) is 5.30. The van der Waals surface area contributed by atoms with Crippen molar-refractivity contribution in [3.63, 3.8) is 0 Å². The fourth-order valence-corrected chi connectivity index (χ4v) is 2.90. The molecule has 0 N–H and O–H groups in total. The predicted molar refractivity (Wildman–Crippen MR) is 70.8 cm³/mol. The lowest BCUT2D eigenvalue weighted by molar-refractivity contribution is 0.303. The van der Waals surface area contributed by atoms with Crippen LogP contribution >= 0.6 is 0 Å². The van der Waals surface area contributed by atoms with Gasteiger partial charge in [0.05, 0.1) is 12.1 Å². The minimum Gasteiger partial charge on any atom is -0.335 e. The van der Waals surface area contributed by atoms with Crippen LogP contribution in [0.3, 0.4) is 0 Å². The second kappa shape index (κ2) is 4.35. The van der Waals surface area contributed by atoms with Crippen LogP contribution in [0.1, 0.15) is 33.1 Å². The number of nitrogens with zero attached hydrogens (tertiary/aromatic N) is 3. The van der Waals surface area contributed by atoms with Crippen molar-refractivity contribution < 1.29 is 0 Å². The summed E-state index contributed by atoms with van der Waals surface area (Å²) in [6.45, 7) is 3.85. The fraction of sp³-hybridized carbons (Fsp3) is 0.467. The molecule has 2 atom stereocenters. The molecule has 2 unspecified atom stereocenters. The van der Waals surface area contributed by atoms with Gasteiger partial charge < -0.3 is 4.90 Å². The van der Waals surface area contributed by atoms with Crippen LogP contribution in [0.25, 0.3) is 0 Å². The van der Waals surface area contributed by atoms with Gasteiger partial charge in [-0.05, 0) is 45.2 Å². The third-order valence-corrected chi connectivity index (χ3v) is 3.81. The summed E-state index contributed by atoms with van der Waals surface area (Å²) >= 11 is 0. The quantitative estimate of drug-likeness (QED) is 0.756. The van der Waals surface area contributed by atoms with Crippen LogP contribution in [-0.2, 0) is 0 Å². The molecule has 1 heterocycles. The van der Waals surface area contributed by atoms with Crippen molar-refractivity contribution in [1.29, 1.82) is 10.5 Å². The van der Waals surface area contributed by atoms with Gasteiger partial charge in [0.15, 0.2) is 0 Å². The number of piperidine rings is 1. The average Bonchev–Trinajstić information content (AvgIpc) is 2.40. The molecule has 0 aliphatic carbocycles. The Balaban J connectivity index is 2.55. The standard InChI is InChI=1S/C15H17N3/c1-14(11-16)9-6-10-15(2,12-17)18(14)13-7-4-3-5-8-13/h3-5,7-8H,6,9-10H2,1-2H3. The molecule has 0 radical (unpaired) electrons.